The van der Waals surface area contributed by atoms with Crippen LogP contribution < -0.4 is 0 Å². The Morgan fingerprint density at radius 2 is 2.17 bits per heavy atom. The molecule has 0 saturated carbocycles. The molecule has 1 N–H and O–H groups in total. The van der Waals surface area contributed by atoms with Crippen LogP contribution in [0.5, 0.6) is 0 Å². The molecular formula is C10H17NO. The lowest BCUT2D eigenvalue weighted by Gasteiger charge is -2.51. The monoisotopic (exact) mass is 167 g/mol. The SMILES string of the molecule is C=CCC1(O)CC2CCN1CC2. The normalized spacial score (nSPS) is 46.1. The average molecular weight is 167 g/mol. The van der Waals surface area contributed by atoms with Crippen molar-refractivity contribution in [2.75, 3.05) is 13.1 Å². The maximum atomic E-state index is 10.2. The number of hydrogen-bond acceptors (Lipinski definition) is 2. The highest BCUT2D eigenvalue weighted by atomic mass is 16.3. The van der Waals surface area contributed by atoms with E-state index in [0.29, 0.717) is 0 Å². The quantitative estimate of drug-likeness (QED) is 0.628. The number of nitrogens with zero attached hydrogens (tertiary/aromatic N) is 1. The van der Waals surface area contributed by atoms with Crippen LogP contribution in [0.3, 0.4) is 0 Å². The molecule has 0 radical (unpaired) electrons. The van der Waals surface area contributed by atoms with Crippen LogP contribution in [0.2, 0.25) is 0 Å². The third kappa shape index (κ3) is 1.19. The molecule has 3 aliphatic rings. The maximum Gasteiger partial charge on any atom is 0.122 e. The van der Waals surface area contributed by atoms with Crippen molar-refractivity contribution in [3.05, 3.63) is 12.7 Å². The summed E-state index contributed by atoms with van der Waals surface area (Å²) in [6, 6.07) is 0. The summed E-state index contributed by atoms with van der Waals surface area (Å²) in [5.74, 6) is 0.764. The minimum absolute atomic E-state index is 0.539. The number of piperidine rings is 3. The van der Waals surface area contributed by atoms with Gasteiger partial charge in [0.1, 0.15) is 5.72 Å². The molecule has 1 atom stereocenters. The molecule has 0 amide bonds. The minimum atomic E-state index is -0.539. The minimum Gasteiger partial charge on any atom is -0.375 e. The van der Waals surface area contributed by atoms with Crippen molar-refractivity contribution in [1.29, 1.82) is 0 Å². The fourth-order valence-electron chi connectivity index (χ4n) is 2.59. The highest BCUT2D eigenvalue weighted by Gasteiger charge is 2.43. The zero-order valence-electron chi connectivity index (χ0n) is 7.50. The number of rotatable bonds is 2. The van der Waals surface area contributed by atoms with Crippen molar-refractivity contribution in [2.24, 2.45) is 5.92 Å². The first kappa shape index (κ1) is 8.27. The van der Waals surface area contributed by atoms with Crippen LogP contribution in [-0.2, 0) is 0 Å². The van der Waals surface area contributed by atoms with Gasteiger partial charge in [-0.2, -0.15) is 0 Å². The molecule has 2 bridgehead atoms. The van der Waals surface area contributed by atoms with Gasteiger partial charge in [-0.1, -0.05) is 6.08 Å². The molecule has 3 rings (SSSR count). The smallest absolute Gasteiger partial charge is 0.122 e. The molecule has 3 fully saturated rings. The van der Waals surface area contributed by atoms with E-state index in [-0.39, 0.29) is 0 Å². The molecule has 0 aromatic heterocycles. The fourth-order valence-corrected chi connectivity index (χ4v) is 2.59. The summed E-state index contributed by atoms with van der Waals surface area (Å²) in [6.07, 6.45) is 6.07. The zero-order valence-corrected chi connectivity index (χ0v) is 7.50. The van der Waals surface area contributed by atoms with Gasteiger partial charge in [-0.05, 0) is 25.2 Å². The van der Waals surface area contributed by atoms with Gasteiger partial charge < -0.3 is 5.11 Å². The number of aliphatic hydroxyl groups is 1. The van der Waals surface area contributed by atoms with Gasteiger partial charge in [-0.25, -0.2) is 0 Å². The van der Waals surface area contributed by atoms with Crippen LogP contribution in [-0.4, -0.2) is 28.8 Å². The first-order chi connectivity index (χ1) is 5.74. The van der Waals surface area contributed by atoms with Crippen molar-refractivity contribution in [3.63, 3.8) is 0 Å². The highest BCUT2D eigenvalue weighted by Crippen LogP contribution is 2.39. The lowest BCUT2D eigenvalue weighted by molar-refractivity contribution is -0.169. The molecule has 1 unspecified atom stereocenters. The van der Waals surface area contributed by atoms with E-state index >= 15 is 0 Å². The lowest BCUT2D eigenvalue weighted by Crippen LogP contribution is -2.58. The van der Waals surface area contributed by atoms with Crippen molar-refractivity contribution >= 4 is 0 Å². The summed E-state index contributed by atoms with van der Waals surface area (Å²) in [5, 5.41) is 10.2. The Kier molecular flexibility index (Phi) is 1.97. The standard InChI is InChI=1S/C10H17NO/c1-2-5-10(12)8-9-3-6-11(10)7-4-9/h2,9,12H,1,3-8H2. The van der Waals surface area contributed by atoms with Gasteiger partial charge in [-0.3, -0.25) is 4.90 Å². The molecule has 0 aliphatic carbocycles. The second kappa shape index (κ2) is 2.86. The summed E-state index contributed by atoms with van der Waals surface area (Å²) in [4.78, 5) is 2.22. The van der Waals surface area contributed by atoms with Gasteiger partial charge in [0, 0.05) is 19.5 Å². The second-order valence-electron chi connectivity index (χ2n) is 4.11. The summed E-state index contributed by atoms with van der Waals surface area (Å²) in [6.45, 7) is 5.85. The van der Waals surface area contributed by atoms with E-state index in [0.717, 1.165) is 31.8 Å². The van der Waals surface area contributed by atoms with Gasteiger partial charge in [-0.15, -0.1) is 6.58 Å². The van der Waals surface area contributed by atoms with E-state index in [1.807, 2.05) is 6.08 Å². The van der Waals surface area contributed by atoms with Crippen molar-refractivity contribution in [1.82, 2.24) is 4.90 Å². The molecular weight excluding hydrogens is 150 g/mol. The Bertz CT molecular complexity index is 184. The predicted octanol–water partition coefficient (Wildman–Crippen LogP) is 1.37. The Hall–Kier alpha value is -0.340. The Morgan fingerprint density at radius 1 is 1.50 bits per heavy atom. The van der Waals surface area contributed by atoms with E-state index in [1.165, 1.54) is 12.8 Å². The van der Waals surface area contributed by atoms with Gasteiger partial charge in [0.15, 0.2) is 0 Å². The maximum absolute atomic E-state index is 10.2. The largest absolute Gasteiger partial charge is 0.375 e. The molecule has 2 nitrogen and oxygen atoms in total. The third-order valence-electron chi connectivity index (χ3n) is 3.29. The molecule has 68 valence electrons. The molecule has 0 aromatic rings. The van der Waals surface area contributed by atoms with Crippen molar-refractivity contribution < 1.29 is 5.11 Å². The second-order valence-corrected chi connectivity index (χ2v) is 4.11. The van der Waals surface area contributed by atoms with Crippen LogP contribution in [0, 0.1) is 5.92 Å². The predicted molar refractivity (Wildman–Crippen MR) is 48.7 cm³/mol. The molecule has 3 saturated heterocycles. The number of hydrogen-bond donors (Lipinski definition) is 1. The zero-order chi connectivity index (χ0) is 8.60. The van der Waals surface area contributed by atoms with Crippen LogP contribution in [0.4, 0.5) is 0 Å². The lowest BCUT2D eigenvalue weighted by atomic mass is 9.80. The molecule has 2 heteroatoms. The first-order valence-electron chi connectivity index (χ1n) is 4.83. The van der Waals surface area contributed by atoms with Crippen LogP contribution in [0.15, 0.2) is 12.7 Å². The molecule has 3 aliphatic heterocycles. The van der Waals surface area contributed by atoms with E-state index in [2.05, 4.69) is 11.5 Å². The van der Waals surface area contributed by atoms with E-state index in [1.54, 1.807) is 0 Å². The van der Waals surface area contributed by atoms with E-state index < -0.39 is 5.72 Å². The fraction of sp³-hybridized carbons (Fsp3) is 0.800. The van der Waals surface area contributed by atoms with Gasteiger partial charge in [0.2, 0.25) is 0 Å². The van der Waals surface area contributed by atoms with E-state index in [9.17, 15) is 5.11 Å². The summed E-state index contributed by atoms with van der Waals surface area (Å²) < 4.78 is 0. The van der Waals surface area contributed by atoms with Crippen LogP contribution in [0.25, 0.3) is 0 Å². The Labute approximate surface area is 73.9 Å². The number of fused-ring (bicyclic) bond motifs is 3. The van der Waals surface area contributed by atoms with E-state index in [4.69, 9.17) is 0 Å². The summed E-state index contributed by atoms with van der Waals surface area (Å²) in [7, 11) is 0. The molecule has 0 aromatic carbocycles. The van der Waals surface area contributed by atoms with Crippen LogP contribution >= 0.6 is 0 Å². The van der Waals surface area contributed by atoms with Gasteiger partial charge in [0.05, 0.1) is 0 Å². The van der Waals surface area contributed by atoms with Crippen LogP contribution in [0.1, 0.15) is 25.7 Å². The Balaban J connectivity index is 2.11. The molecule has 3 heterocycles. The molecule has 0 spiro atoms. The summed E-state index contributed by atoms with van der Waals surface area (Å²) >= 11 is 0. The van der Waals surface area contributed by atoms with Gasteiger partial charge in [0.25, 0.3) is 0 Å². The molecule has 12 heavy (non-hydrogen) atoms. The van der Waals surface area contributed by atoms with Crippen molar-refractivity contribution in [2.45, 2.75) is 31.4 Å². The highest BCUT2D eigenvalue weighted by molar-refractivity contribution is 4.96. The topological polar surface area (TPSA) is 23.5 Å². The first-order valence-corrected chi connectivity index (χ1v) is 4.83. The Morgan fingerprint density at radius 3 is 2.58 bits per heavy atom. The average Bonchev–Trinajstić information content (AvgIpc) is 2.05. The summed E-state index contributed by atoms with van der Waals surface area (Å²) in [5.41, 5.74) is -0.539. The third-order valence-corrected chi connectivity index (χ3v) is 3.29. The van der Waals surface area contributed by atoms with Crippen molar-refractivity contribution in [3.8, 4) is 0 Å². The van der Waals surface area contributed by atoms with Gasteiger partial charge >= 0.3 is 0 Å².